The predicted octanol–water partition coefficient (Wildman–Crippen LogP) is 2.71. The third-order valence-electron chi connectivity index (χ3n) is 3.27. The van der Waals surface area contributed by atoms with Crippen molar-refractivity contribution in [2.45, 2.75) is 38.4 Å². The molecule has 0 aromatic carbocycles. The average molecular weight is 213 g/mol. The molecule has 0 N–H and O–H groups in total. The van der Waals surface area contributed by atoms with Gasteiger partial charge in [-0.15, -0.1) is 0 Å². The summed E-state index contributed by atoms with van der Waals surface area (Å²) in [5.41, 5.74) is 0.689. The number of rotatable bonds is 2. The van der Waals surface area contributed by atoms with Crippen LogP contribution in [0.15, 0.2) is 4.99 Å². The minimum Gasteiger partial charge on any atom is -0.478 e. The second-order valence-corrected chi connectivity index (χ2v) is 7.31. The van der Waals surface area contributed by atoms with Gasteiger partial charge in [0.2, 0.25) is 0 Å². The van der Waals surface area contributed by atoms with Crippen LogP contribution in [0.25, 0.3) is 0 Å². The van der Waals surface area contributed by atoms with Gasteiger partial charge in [-0.2, -0.15) is 0 Å². The monoisotopic (exact) mass is 213 g/mol. The molecule has 1 unspecified atom stereocenters. The SMILES string of the molecule is CC(C)[C@H]1COC([C@H]2CCCP2C)=N1. The van der Waals surface area contributed by atoms with Crippen LogP contribution >= 0.6 is 7.92 Å². The maximum Gasteiger partial charge on any atom is 0.191 e. The first kappa shape index (κ1) is 10.4. The van der Waals surface area contributed by atoms with E-state index >= 15 is 0 Å². The number of hydrogen-bond acceptors (Lipinski definition) is 2. The lowest BCUT2D eigenvalue weighted by molar-refractivity contribution is 0.286. The third-order valence-corrected chi connectivity index (χ3v) is 5.83. The molecule has 14 heavy (non-hydrogen) atoms. The Labute approximate surface area is 87.9 Å². The van der Waals surface area contributed by atoms with Gasteiger partial charge in [-0.25, -0.2) is 4.99 Å². The third kappa shape index (κ3) is 1.95. The number of nitrogens with zero attached hydrogens (tertiary/aromatic N) is 1. The van der Waals surface area contributed by atoms with Gasteiger partial charge in [0, 0.05) is 0 Å². The number of hydrogen-bond donors (Lipinski definition) is 0. The highest BCUT2D eigenvalue weighted by Gasteiger charge is 2.33. The number of aliphatic imine (C=N–C) groups is 1. The summed E-state index contributed by atoms with van der Waals surface area (Å²) in [6.45, 7) is 7.67. The Morgan fingerprint density at radius 3 is 2.79 bits per heavy atom. The molecule has 0 spiro atoms. The Morgan fingerprint density at radius 2 is 2.29 bits per heavy atom. The first-order chi connectivity index (χ1) is 6.68. The van der Waals surface area contributed by atoms with Crippen molar-refractivity contribution >= 4 is 13.8 Å². The molecule has 0 aromatic heterocycles. The Hall–Kier alpha value is -0.100. The van der Waals surface area contributed by atoms with Crippen LogP contribution in [-0.2, 0) is 4.74 Å². The molecule has 1 saturated heterocycles. The van der Waals surface area contributed by atoms with Gasteiger partial charge >= 0.3 is 0 Å². The zero-order chi connectivity index (χ0) is 10.1. The van der Waals surface area contributed by atoms with E-state index in [1.807, 2.05) is 0 Å². The molecular weight excluding hydrogens is 193 g/mol. The fourth-order valence-corrected chi connectivity index (χ4v) is 4.29. The summed E-state index contributed by atoms with van der Waals surface area (Å²) in [4.78, 5) is 4.73. The summed E-state index contributed by atoms with van der Waals surface area (Å²) < 4.78 is 5.75. The van der Waals surface area contributed by atoms with Crippen LogP contribution < -0.4 is 0 Å². The minimum absolute atomic E-state index is 0.166. The van der Waals surface area contributed by atoms with Gasteiger partial charge < -0.3 is 4.74 Å². The van der Waals surface area contributed by atoms with Gasteiger partial charge in [-0.1, -0.05) is 21.8 Å². The molecular formula is C11H20NOP. The molecule has 80 valence electrons. The van der Waals surface area contributed by atoms with Crippen molar-refractivity contribution in [3.8, 4) is 0 Å². The number of ether oxygens (including phenoxy) is 1. The van der Waals surface area contributed by atoms with Gasteiger partial charge in [-0.05, 0) is 31.6 Å². The van der Waals surface area contributed by atoms with Gasteiger partial charge in [0.1, 0.15) is 6.61 Å². The van der Waals surface area contributed by atoms with Crippen molar-refractivity contribution in [3.63, 3.8) is 0 Å². The lowest BCUT2D eigenvalue weighted by Gasteiger charge is -2.14. The highest BCUT2D eigenvalue weighted by atomic mass is 31.1. The molecule has 1 fully saturated rings. The Morgan fingerprint density at radius 1 is 1.50 bits per heavy atom. The molecule has 0 radical (unpaired) electrons. The second-order valence-electron chi connectivity index (χ2n) is 4.73. The van der Waals surface area contributed by atoms with Crippen molar-refractivity contribution in [2.24, 2.45) is 10.9 Å². The first-order valence-electron chi connectivity index (χ1n) is 5.59. The topological polar surface area (TPSA) is 21.6 Å². The van der Waals surface area contributed by atoms with E-state index in [0.717, 1.165) is 12.5 Å². The van der Waals surface area contributed by atoms with Gasteiger partial charge in [-0.3, -0.25) is 0 Å². The highest BCUT2D eigenvalue weighted by Crippen LogP contribution is 2.48. The maximum absolute atomic E-state index is 5.75. The summed E-state index contributed by atoms with van der Waals surface area (Å²) in [6.07, 6.45) is 4.10. The van der Waals surface area contributed by atoms with Crippen molar-refractivity contribution < 1.29 is 4.74 Å². The minimum atomic E-state index is 0.166. The van der Waals surface area contributed by atoms with Gasteiger partial charge in [0.05, 0.1) is 11.7 Å². The molecule has 2 aliphatic rings. The van der Waals surface area contributed by atoms with Crippen LogP contribution in [0.2, 0.25) is 0 Å². The quantitative estimate of drug-likeness (QED) is 0.646. The molecule has 0 saturated carbocycles. The van der Waals surface area contributed by atoms with E-state index in [0.29, 0.717) is 17.6 Å². The van der Waals surface area contributed by atoms with Crippen molar-refractivity contribution in [1.29, 1.82) is 0 Å². The van der Waals surface area contributed by atoms with Gasteiger partial charge in [0.15, 0.2) is 5.90 Å². The Balaban J connectivity index is 2.02. The Bertz CT molecular complexity index is 239. The average Bonchev–Trinajstić information content (AvgIpc) is 2.71. The second kappa shape index (κ2) is 4.18. The zero-order valence-electron chi connectivity index (χ0n) is 9.36. The van der Waals surface area contributed by atoms with E-state index in [2.05, 4.69) is 20.5 Å². The summed E-state index contributed by atoms with van der Waals surface area (Å²) in [6, 6.07) is 0.425. The van der Waals surface area contributed by atoms with Crippen LogP contribution in [0.5, 0.6) is 0 Å². The van der Waals surface area contributed by atoms with Gasteiger partial charge in [0.25, 0.3) is 0 Å². The predicted molar refractivity (Wildman–Crippen MR) is 62.7 cm³/mol. The van der Waals surface area contributed by atoms with Crippen LogP contribution in [-0.4, -0.2) is 37.0 Å². The van der Waals surface area contributed by atoms with E-state index < -0.39 is 0 Å². The summed E-state index contributed by atoms with van der Waals surface area (Å²) in [5.74, 6) is 1.71. The van der Waals surface area contributed by atoms with E-state index in [9.17, 15) is 0 Å². The fourth-order valence-electron chi connectivity index (χ4n) is 2.15. The van der Waals surface area contributed by atoms with Crippen molar-refractivity contribution in [3.05, 3.63) is 0 Å². The fraction of sp³-hybridized carbons (Fsp3) is 0.909. The smallest absolute Gasteiger partial charge is 0.191 e. The molecule has 0 aromatic rings. The van der Waals surface area contributed by atoms with E-state index in [4.69, 9.17) is 9.73 Å². The largest absolute Gasteiger partial charge is 0.478 e. The van der Waals surface area contributed by atoms with Crippen LogP contribution in [0.1, 0.15) is 26.7 Å². The summed E-state index contributed by atoms with van der Waals surface area (Å²) in [7, 11) is 0.166. The normalized spacial score (nSPS) is 37.4. The molecule has 2 heterocycles. The summed E-state index contributed by atoms with van der Waals surface area (Å²) >= 11 is 0. The molecule has 3 heteroatoms. The molecule has 3 atom stereocenters. The standard InChI is InChI=1S/C11H20NOP/c1-8(2)9-7-13-11(12-9)10-5-4-6-14(10)3/h8-10H,4-7H2,1-3H3/t9-,10-,14?/m1/s1. The van der Waals surface area contributed by atoms with Crippen molar-refractivity contribution in [1.82, 2.24) is 0 Å². The first-order valence-corrected chi connectivity index (χ1v) is 7.63. The van der Waals surface area contributed by atoms with Crippen LogP contribution in [0.4, 0.5) is 0 Å². The molecule has 2 aliphatic heterocycles. The van der Waals surface area contributed by atoms with Crippen LogP contribution in [0.3, 0.4) is 0 Å². The van der Waals surface area contributed by atoms with Crippen LogP contribution in [0, 0.1) is 5.92 Å². The molecule has 0 aliphatic carbocycles. The lowest BCUT2D eigenvalue weighted by Crippen LogP contribution is -2.15. The molecule has 2 nitrogen and oxygen atoms in total. The maximum atomic E-state index is 5.75. The summed E-state index contributed by atoms with van der Waals surface area (Å²) in [5, 5.41) is 0. The highest BCUT2D eigenvalue weighted by molar-refractivity contribution is 7.59. The van der Waals surface area contributed by atoms with E-state index in [1.54, 1.807) is 0 Å². The van der Waals surface area contributed by atoms with E-state index in [-0.39, 0.29) is 7.92 Å². The Kier molecular flexibility index (Phi) is 3.11. The zero-order valence-corrected chi connectivity index (χ0v) is 10.3. The molecule has 0 bridgehead atoms. The molecule has 2 rings (SSSR count). The molecule has 0 amide bonds. The van der Waals surface area contributed by atoms with Crippen molar-refractivity contribution in [2.75, 3.05) is 19.4 Å². The lowest BCUT2D eigenvalue weighted by atomic mass is 10.1. The van der Waals surface area contributed by atoms with E-state index in [1.165, 1.54) is 19.0 Å².